The third-order valence-corrected chi connectivity index (χ3v) is 1.28. The normalized spacial score (nSPS) is 29.9. The monoisotopic (exact) mass is 112 g/mol. The van der Waals surface area contributed by atoms with E-state index in [-0.39, 0.29) is 0 Å². The van der Waals surface area contributed by atoms with Crippen LogP contribution in [-0.4, -0.2) is 19.3 Å². The van der Waals surface area contributed by atoms with Gasteiger partial charge in [-0.15, -0.1) is 0 Å². The molecule has 0 spiro atoms. The van der Waals surface area contributed by atoms with Crippen molar-refractivity contribution in [3.63, 3.8) is 0 Å². The lowest BCUT2D eigenvalue weighted by Gasteiger charge is -1.97. The van der Waals surface area contributed by atoms with Gasteiger partial charge in [0.1, 0.15) is 0 Å². The summed E-state index contributed by atoms with van der Waals surface area (Å²) in [6, 6.07) is 0.569. The molecule has 1 fully saturated rings. The lowest BCUT2D eigenvalue weighted by Crippen LogP contribution is -2.20. The van der Waals surface area contributed by atoms with Gasteiger partial charge in [0.05, 0.1) is 0 Å². The Balaban J connectivity index is 2.24. The van der Waals surface area contributed by atoms with Crippen LogP contribution in [0.2, 0.25) is 0 Å². The molecular weight excluding hydrogens is 100 g/mol. The zero-order valence-electron chi connectivity index (χ0n) is 5.15. The SMILES string of the molecule is C/C=C\C1CNCN1. The Hall–Kier alpha value is -0.340. The second-order valence-corrected chi connectivity index (χ2v) is 1.97. The minimum Gasteiger partial charge on any atom is -0.303 e. The Labute approximate surface area is 50.0 Å². The average molecular weight is 112 g/mol. The molecule has 0 aromatic heterocycles. The standard InChI is InChI=1S/C6H12N2/c1-2-3-6-4-7-5-8-6/h2-3,6-8H,4-5H2,1H3/b3-2-. The van der Waals surface area contributed by atoms with Crippen LogP contribution in [0.1, 0.15) is 6.92 Å². The molecule has 46 valence electrons. The molecule has 0 aliphatic carbocycles. The Morgan fingerprint density at radius 2 is 2.50 bits per heavy atom. The highest BCUT2D eigenvalue weighted by molar-refractivity contribution is 4.94. The summed E-state index contributed by atoms with van der Waals surface area (Å²) in [5, 5.41) is 6.45. The molecule has 1 rings (SSSR count). The molecule has 0 amide bonds. The predicted octanol–water partition coefficient (Wildman–Crippen LogP) is 0.0814. The topological polar surface area (TPSA) is 24.1 Å². The Morgan fingerprint density at radius 3 is 3.00 bits per heavy atom. The quantitative estimate of drug-likeness (QED) is 0.469. The maximum Gasteiger partial charge on any atom is 0.0460 e. The number of nitrogens with one attached hydrogen (secondary N) is 2. The fraction of sp³-hybridized carbons (Fsp3) is 0.667. The highest BCUT2D eigenvalue weighted by Crippen LogP contribution is 1.88. The molecule has 2 nitrogen and oxygen atoms in total. The maximum absolute atomic E-state index is 3.26. The highest BCUT2D eigenvalue weighted by atomic mass is 15.2. The molecule has 8 heavy (non-hydrogen) atoms. The number of hydrogen-bond acceptors (Lipinski definition) is 2. The van der Waals surface area contributed by atoms with E-state index in [1.165, 1.54) is 0 Å². The molecule has 1 aliphatic rings. The first-order valence-electron chi connectivity index (χ1n) is 3.00. The summed E-state index contributed by atoms with van der Waals surface area (Å²) < 4.78 is 0. The maximum atomic E-state index is 3.26. The smallest absolute Gasteiger partial charge is 0.0460 e. The van der Waals surface area contributed by atoms with Crippen LogP contribution in [0, 0.1) is 0 Å². The van der Waals surface area contributed by atoms with Crippen LogP contribution in [0.5, 0.6) is 0 Å². The lowest BCUT2D eigenvalue weighted by atomic mass is 10.3. The molecule has 2 heteroatoms. The van der Waals surface area contributed by atoms with Crippen LogP contribution in [0.3, 0.4) is 0 Å². The van der Waals surface area contributed by atoms with Crippen molar-refractivity contribution in [3.8, 4) is 0 Å². The van der Waals surface area contributed by atoms with Crippen LogP contribution in [0.25, 0.3) is 0 Å². The summed E-state index contributed by atoms with van der Waals surface area (Å²) in [7, 11) is 0. The third kappa shape index (κ3) is 1.32. The molecule has 0 radical (unpaired) electrons. The summed E-state index contributed by atoms with van der Waals surface area (Å²) in [6.07, 6.45) is 4.24. The van der Waals surface area contributed by atoms with Crippen molar-refractivity contribution in [2.45, 2.75) is 13.0 Å². The van der Waals surface area contributed by atoms with Gasteiger partial charge in [0, 0.05) is 19.3 Å². The number of rotatable bonds is 1. The first kappa shape index (κ1) is 5.79. The average Bonchev–Trinajstić information content (AvgIpc) is 2.19. The summed E-state index contributed by atoms with van der Waals surface area (Å²) in [5.74, 6) is 0. The van der Waals surface area contributed by atoms with Gasteiger partial charge in [0.15, 0.2) is 0 Å². The van der Waals surface area contributed by atoms with Crippen molar-refractivity contribution in [3.05, 3.63) is 12.2 Å². The van der Waals surface area contributed by atoms with Gasteiger partial charge in [0.25, 0.3) is 0 Å². The van der Waals surface area contributed by atoms with Crippen LogP contribution < -0.4 is 10.6 Å². The van der Waals surface area contributed by atoms with Gasteiger partial charge in [0.2, 0.25) is 0 Å². The lowest BCUT2D eigenvalue weighted by molar-refractivity contribution is 0.749. The van der Waals surface area contributed by atoms with Gasteiger partial charge in [-0.1, -0.05) is 12.2 Å². The molecule has 2 N–H and O–H groups in total. The largest absolute Gasteiger partial charge is 0.303 e. The van der Waals surface area contributed by atoms with E-state index in [4.69, 9.17) is 0 Å². The van der Waals surface area contributed by atoms with Crippen molar-refractivity contribution in [2.75, 3.05) is 13.2 Å². The molecular formula is C6H12N2. The highest BCUT2D eigenvalue weighted by Gasteiger charge is 2.07. The van der Waals surface area contributed by atoms with Gasteiger partial charge in [-0.3, -0.25) is 5.32 Å². The summed E-state index contributed by atoms with van der Waals surface area (Å²) in [5.41, 5.74) is 0. The molecule has 1 aliphatic heterocycles. The van der Waals surface area contributed by atoms with Crippen LogP contribution in [-0.2, 0) is 0 Å². The van der Waals surface area contributed by atoms with Crippen LogP contribution in [0.15, 0.2) is 12.2 Å². The molecule has 1 saturated heterocycles. The Kier molecular flexibility index (Phi) is 2.06. The second-order valence-electron chi connectivity index (χ2n) is 1.97. The van der Waals surface area contributed by atoms with E-state index in [9.17, 15) is 0 Å². The molecule has 1 unspecified atom stereocenters. The summed E-state index contributed by atoms with van der Waals surface area (Å²) in [6.45, 7) is 4.07. The molecule has 0 saturated carbocycles. The first-order chi connectivity index (χ1) is 3.93. The third-order valence-electron chi connectivity index (χ3n) is 1.28. The van der Waals surface area contributed by atoms with Crippen molar-refractivity contribution in [2.24, 2.45) is 0 Å². The summed E-state index contributed by atoms with van der Waals surface area (Å²) in [4.78, 5) is 0. The van der Waals surface area contributed by atoms with Gasteiger partial charge in [-0.25, -0.2) is 0 Å². The van der Waals surface area contributed by atoms with Gasteiger partial charge >= 0.3 is 0 Å². The minimum absolute atomic E-state index is 0.569. The molecule has 0 aromatic carbocycles. The van der Waals surface area contributed by atoms with Gasteiger partial charge in [-0.05, 0) is 6.92 Å². The van der Waals surface area contributed by atoms with E-state index < -0.39 is 0 Å². The van der Waals surface area contributed by atoms with E-state index >= 15 is 0 Å². The van der Waals surface area contributed by atoms with E-state index in [1.807, 2.05) is 6.92 Å². The van der Waals surface area contributed by atoms with Gasteiger partial charge in [-0.2, -0.15) is 0 Å². The number of allylic oxidation sites excluding steroid dienone is 1. The first-order valence-corrected chi connectivity index (χ1v) is 3.00. The van der Waals surface area contributed by atoms with Crippen molar-refractivity contribution < 1.29 is 0 Å². The molecule has 0 aromatic rings. The fourth-order valence-electron chi connectivity index (χ4n) is 0.871. The summed E-state index contributed by atoms with van der Waals surface area (Å²) >= 11 is 0. The van der Waals surface area contributed by atoms with E-state index in [1.54, 1.807) is 0 Å². The Morgan fingerprint density at radius 1 is 1.62 bits per heavy atom. The van der Waals surface area contributed by atoms with E-state index in [0.29, 0.717) is 6.04 Å². The van der Waals surface area contributed by atoms with Gasteiger partial charge < -0.3 is 5.32 Å². The number of hydrogen-bond donors (Lipinski definition) is 2. The van der Waals surface area contributed by atoms with E-state index in [2.05, 4.69) is 22.8 Å². The predicted molar refractivity (Wildman–Crippen MR) is 34.6 cm³/mol. The fourth-order valence-corrected chi connectivity index (χ4v) is 0.871. The van der Waals surface area contributed by atoms with E-state index in [0.717, 1.165) is 13.2 Å². The van der Waals surface area contributed by atoms with Crippen molar-refractivity contribution in [1.82, 2.24) is 10.6 Å². The molecule has 1 atom stereocenters. The van der Waals surface area contributed by atoms with Crippen LogP contribution in [0.4, 0.5) is 0 Å². The van der Waals surface area contributed by atoms with Crippen molar-refractivity contribution >= 4 is 0 Å². The zero-order valence-corrected chi connectivity index (χ0v) is 5.15. The van der Waals surface area contributed by atoms with Crippen LogP contribution >= 0.6 is 0 Å². The molecule has 1 heterocycles. The Bertz CT molecular complexity index is 82.5. The van der Waals surface area contributed by atoms with Crippen molar-refractivity contribution in [1.29, 1.82) is 0 Å². The second kappa shape index (κ2) is 2.84. The molecule has 0 bridgehead atoms. The zero-order chi connectivity index (χ0) is 5.82. The minimum atomic E-state index is 0.569.